The molecule has 1 aromatic heterocycles. The Morgan fingerprint density at radius 2 is 1.95 bits per heavy atom. The standard InChI is InChI=1S/C13H20BrN3O2S/c1-13(2,3)19-12(18)15-9-6-4-8(5-7-9)10-16-17-11(14)20-10/h8-9H,4-7H2,1-3H3,(H,15,18). The van der Waals surface area contributed by atoms with Gasteiger partial charge in [-0.1, -0.05) is 11.3 Å². The van der Waals surface area contributed by atoms with Crippen molar-refractivity contribution >= 4 is 33.4 Å². The van der Waals surface area contributed by atoms with Crippen LogP contribution < -0.4 is 5.32 Å². The van der Waals surface area contributed by atoms with Gasteiger partial charge in [-0.25, -0.2) is 4.79 Å². The summed E-state index contributed by atoms with van der Waals surface area (Å²) < 4.78 is 6.11. The van der Waals surface area contributed by atoms with Crippen LogP contribution in [0.3, 0.4) is 0 Å². The first-order valence-corrected chi connectivity index (χ1v) is 8.43. The number of ether oxygens (including phenoxy) is 1. The van der Waals surface area contributed by atoms with Crippen molar-refractivity contribution in [2.75, 3.05) is 0 Å². The Morgan fingerprint density at radius 3 is 2.45 bits per heavy atom. The molecule has 0 unspecified atom stereocenters. The summed E-state index contributed by atoms with van der Waals surface area (Å²) in [7, 11) is 0. The molecule has 0 saturated heterocycles. The first-order valence-electron chi connectivity index (χ1n) is 6.82. The third-order valence-corrected chi connectivity index (χ3v) is 4.73. The summed E-state index contributed by atoms with van der Waals surface area (Å²) in [6.07, 6.45) is 3.66. The summed E-state index contributed by atoms with van der Waals surface area (Å²) in [6.45, 7) is 5.62. The molecule has 1 fully saturated rings. The zero-order valence-electron chi connectivity index (χ0n) is 12.0. The number of aromatic nitrogens is 2. The molecular weight excluding hydrogens is 342 g/mol. The highest BCUT2D eigenvalue weighted by atomic mass is 79.9. The van der Waals surface area contributed by atoms with E-state index in [1.807, 2.05) is 20.8 Å². The SMILES string of the molecule is CC(C)(C)OC(=O)NC1CCC(c2nnc(Br)s2)CC1. The van der Waals surface area contributed by atoms with Crippen LogP contribution in [0.4, 0.5) is 4.79 Å². The number of carbonyl (C=O) groups excluding carboxylic acids is 1. The molecule has 0 aliphatic heterocycles. The number of amides is 1. The van der Waals surface area contributed by atoms with Crippen LogP contribution >= 0.6 is 27.3 Å². The molecule has 112 valence electrons. The normalized spacial score (nSPS) is 23.4. The van der Waals surface area contributed by atoms with Crippen LogP contribution in [0.5, 0.6) is 0 Å². The van der Waals surface area contributed by atoms with Crippen LogP contribution in [0, 0.1) is 0 Å². The molecule has 0 bridgehead atoms. The Bertz CT molecular complexity index is 464. The second-order valence-corrected chi connectivity index (χ2v) is 8.37. The van der Waals surface area contributed by atoms with Gasteiger partial charge in [-0.15, -0.1) is 10.2 Å². The van der Waals surface area contributed by atoms with E-state index in [1.54, 1.807) is 11.3 Å². The summed E-state index contributed by atoms with van der Waals surface area (Å²) >= 11 is 4.94. The average Bonchev–Trinajstić information content (AvgIpc) is 2.74. The fourth-order valence-corrected chi connectivity index (χ4v) is 3.65. The first kappa shape index (κ1) is 15.7. The largest absolute Gasteiger partial charge is 0.444 e. The van der Waals surface area contributed by atoms with Gasteiger partial charge in [-0.3, -0.25) is 0 Å². The van der Waals surface area contributed by atoms with E-state index in [4.69, 9.17) is 4.74 Å². The predicted molar refractivity (Wildman–Crippen MR) is 82.0 cm³/mol. The second kappa shape index (κ2) is 6.39. The molecule has 20 heavy (non-hydrogen) atoms. The predicted octanol–water partition coefficient (Wildman–Crippen LogP) is 3.85. The number of hydrogen-bond acceptors (Lipinski definition) is 5. The zero-order chi connectivity index (χ0) is 14.8. The van der Waals surface area contributed by atoms with Gasteiger partial charge in [0.05, 0.1) is 0 Å². The van der Waals surface area contributed by atoms with Gasteiger partial charge in [0.25, 0.3) is 0 Å². The fraction of sp³-hybridized carbons (Fsp3) is 0.769. The van der Waals surface area contributed by atoms with Crippen LogP contribution in [0.25, 0.3) is 0 Å². The van der Waals surface area contributed by atoms with Crippen molar-refractivity contribution < 1.29 is 9.53 Å². The Balaban J connectivity index is 1.78. The Morgan fingerprint density at radius 1 is 1.30 bits per heavy atom. The van der Waals surface area contributed by atoms with Crippen LogP contribution in [0.1, 0.15) is 57.4 Å². The van der Waals surface area contributed by atoms with Crippen molar-refractivity contribution in [3.63, 3.8) is 0 Å². The van der Waals surface area contributed by atoms with Gasteiger partial charge in [0.2, 0.25) is 0 Å². The minimum absolute atomic E-state index is 0.206. The maximum atomic E-state index is 11.7. The molecule has 0 spiro atoms. The smallest absolute Gasteiger partial charge is 0.407 e. The lowest BCUT2D eigenvalue weighted by molar-refractivity contribution is 0.0491. The van der Waals surface area contributed by atoms with Crippen LogP contribution in [-0.2, 0) is 4.74 Å². The number of nitrogens with one attached hydrogen (secondary N) is 1. The van der Waals surface area contributed by atoms with Crippen molar-refractivity contribution in [2.45, 2.75) is 64.0 Å². The van der Waals surface area contributed by atoms with Crippen molar-refractivity contribution in [3.05, 3.63) is 8.92 Å². The molecule has 0 atom stereocenters. The molecule has 1 aromatic rings. The van der Waals surface area contributed by atoms with Crippen molar-refractivity contribution in [1.82, 2.24) is 15.5 Å². The van der Waals surface area contributed by atoms with E-state index in [-0.39, 0.29) is 12.1 Å². The van der Waals surface area contributed by atoms with Gasteiger partial charge < -0.3 is 10.1 Å². The van der Waals surface area contributed by atoms with Crippen molar-refractivity contribution in [3.8, 4) is 0 Å². The average molecular weight is 362 g/mol. The Hall–Kier alpha value is -0.690. The number of carbonyl (C=O) groups is 1. The lowest BCUT2D eigenvalue weighted by Gasteiger charge is -2.29. The van der Waals surface area contributed by atoms with Gasteiger partial charge in [0, 0.05) is 12.0 Å². The minimum Gasteiger partial charge on any atom is -0.444 e. The number of nitrogens with zero attached hydrogens (tertiary/aromatic N) is 2. The highest BCUT2D eigenvalue weighted by Crippen LogP contribution is 2.35. The molecule has 1 N–H and O–H groups in total. The second-order valence-electron chi connectivity index (χ2n) is 6.09. The number of alkyl carbamates (subject to hydrolysis) is 1. The van der Waals surface area contributed by atoms with Gasteiger partial charge in [-0.2, -0.15) is 0 Å². The molecule has 7 heteroatoms. The van der Waals surface area contributed by atoms with Crippen molar-refractivity contribution in [2.24, 2.45) is 0 Å². The maximum Gasteiger partial charge on any atom is 0.407 e. The third-order valence-electron chi connectivity index (χ3n) is 3.21. The van der Waals surface area contributed by atoms with Crippen LogP contribution in [0.2, 0.25) is 0 Å². The molecule has 1 saturated carbocycles. The minimum atomic E-state index is -0.444. The number of rotatable bonds is 2. The molecule has 0 radical (unpaired) electrons. The zero-order valence-corrected chi connectivity index (χ0v) is 14.4. The number of hydrogen-bond donors (Lipinski definition) is 1. The van der Waals surface area contributed by atoms with Crippen molar-refractivity contribution in [1.29, 1.82) is 0 Å². The molecular formula is C13H20BrN3O2S. The van der Waals surface area contributed by atoms with Gasteiger partial charge in [-0.05, 0) is 62.4 Å². The Kier molecular flexibility index (Phi) is 5.01. The first-order chi connectivity index (χ1) is 9.33. The highest BCUT2D eigenvalue weighted by Gasteiger charge is 2.27. The van der Waals surface area contributed by atoms with Gasteiger partial charge in [0.15, 0.2) is 3.92 Å². The monoisotopic (exact) mass is 361 g/mol. The quantitative estimate of drug-likeness (QED) is 0.868. The van der Waals surface area contributed by atoms with Gasteiger partial charge in [0.1, 0.15) is 10.6 Å². The molecule has 1 aliphatic rings. The molecule has 5 nitrogen and oxygen atoms in total. The topological polar surface area (TPSA) is 64.1 Å². The summed E-state index contributed by atoms with van der Waals surface area (Å²) in [5.41, 5.74) is -0.444. The molecule has 1 heterocycles. The number of halogens is 1. The van der Waals surface area contributed by atoms with Gasteiger partial charge >= 0.3 is 6.09 Å². The van der Waals surface area contributed by atoms with E-state index in [1.165, 1.54) is 0 Å². The molecule has 1 amide bonds. The lowest BCUT2D eigenvalue weighted by atomic mass is 9.86. The van der Waals surface area contributed by atoms with E-state index in [0.717, 1.165) is 34.6 Å². The van der Waals surface area contributed by atoms with E-state index < -0.39 is 5.60 Å². The summed E-state index contributed by atoms with van der Waals surface area (Å²) in [5, 5.41) is 12.2. The van der Waals surface area contributed by atoms with E-state index in [9.17, 15) is 4.79 Å². The summed E-state index contributed by atoms with van der Waals surface area (Å²) in [4.78, 5) is 11.7. The van der Waals surface area contributed by atoms with Crippen LogP contribution in [-0.4, -0.2) is 27.9 Å². The summed E-state index contributed by atoms with van der Waals surface area (Å²) in [5.74, 6) is 0.468. The third kappa shape index (κ3) is 4.70. The van der Waals surface area contributed by atoms with E-state index >= 15 is 0 Å². The lowest BCUT2D eigenvalue weighted by Crippen LogP contribution is -2.40. The molecule has 2 rings (SSSR count). The fourth-order valence-electron chi connectivity index (χ4n) is 2.34. The van der Waals surface area contributed by atoms with Crippen LogP contribution in [0.15, 0.2) is 3.92 Å². The summed E-state index contributed by atoms with van der Waals surface area (Å²) in [6, 6.07) is 0.206. The molecule has 1 aliphatic carbocycles. The Labute approximate surface area is 131 Å². The maximum absolute atomic E-state index is 11.7. The van der Waals surface area contributed by atoms with E-state index in [2.05, 4.69) is 31.4 Å². The molecule has 0 aromatic carbocycles. The highest BCUT2D eigenvalue weighted by molar-refractivity contribution is 9.11. The van der Waals surface area contributed by atoms with E-state index in [0.29, 0.717) is 5.92 Å².